The zero-order valence-corrected chi connectivity index (χ0v) is 10.1. The van der Waals surface area contributed by atoms with E-state index in [4.69, 9.17) is 9.84 Å². The van der Waals surface area contributed by atoms with E-state index >= 15 is 0 Å². The van der Waals surface area contributed by atoms with Crippen LogP contribution in [0.25, 0.3) is 0 Å². The number of ether oxygens (including phenoxy) is 1. The van der Waals surface area contributed by atoms with Gasteiger partial charge in [0.15, 0.2) is 11.6 Å². The predicted molar refractivity (Wildman–Crippen MR) is 57.4 cm³/mol. The number of hydrogen-bond acceptors (Lipinski definition) is 3. The van der Waals surface area contributed by atoms with Gasteiger partial charge in [0, 0.05) is 4.47 Å². The molecule has 4 nitrogen and oxygen atoms in total. The molecule has 6 heteroatoms. The molecule has 1 rings (SSSR count). The Morgan fingerprint density at radius 2 is 2.06 bits per heavy atom. The Hall–Kier alpha value is -1.43. The van der Waals surface area contributed by atoms with Crippen molar-refractivity contribution < 1.29 is 23.8 Å². The molecule has 1 aromatic rings. The summed E-state index contributed by atoms with van der Waals surface area (Å²) in [5, 5.41) is 8.62. The van der Waals surface area contributed by atoms with Gasteiger partial charge in [0.1, 0.15) is 0 Å². The molecule has 0 fully saturated rings. The van der Waals surface area contributed by atoms with Crippen LogP contribution in [0.15, 0.2) is 10.5 Å². The lowest BCUT2D eigenvalue weighted by Gasteiger charge is -2.11. The number of carboxylic acids is 1. The molecule has 0 amide bonds. The Morgan fingerprint density at radius 3 is 2.50 bits per heavy atom. The zero-order chi connectivity index (χ0) is 12.5. The number of ketones is 1. The van der Waals surface area contributed by atoms with E-state index in [-0.39, 0.29) is 11.3 Å². The Bertz CT molecular complexity index is 470. The lowest BCUT2D eigenvalue weighted by molar-refractivity contribution is -0.131. The first-order valence-corrected chi connectivity index (χ1v) is 4.99. The lowest BCUT2D eigenvalue weighted by atomic mass is 10.0. The Morgan fingerprint density at radius 1 is 1.50 bits per heavy atom. The Balaban J connectivity index is 3.57. The van der Waals surface area contributed by atoms with E-state index in [1.54, 1.807) is 0 Å². The van der Waals surface area contributed by atoms with Gasteiger partial charge in [-0.15, -0.1) is 0 Å². The van der Waals surface area contributed by atoms with Gasteiger partial charge in [0.05, 0.1) is 12.7 Å². The van der Waals surface area contributed by atoms with Crippen LogP contribution >= 0.6 is 15.9 Å². The molecule has 0 heterocycles. The van der Waals surface area contributed by atoms with Crippen LogP contribution in [0, 0.1) is 12.7 Å². The second kappa shape index (κ2) is 4.61. The number of carbonyl (C=O) groups excluding carboxylic acids is 1. The standard InChI is InChI=1S/C10H8BrFO4/c1-4-5(11)3-6(12)9(16-2)7(4)8(13)10(14)15/h3H,1-2H3,(H,14,15). The monoisotopic (exact) mass is 290 g/mol. The largest absolute Gasteiger partial charge is 0.493 e. The fraction of sp³-hybridized carbons (Fsp3) is 0.200. The third-order valence-electron chi connectivity index (χ3n) is 2.06. The molecule has 86 valence electrons. The van der Waals surface area contributed by atoms with Crippen LogP contribution in [0.1, 0.15) is 15.9 Å². The SMILES string of the molecule is COc1c(F)cc(Br)c(C)c1C(=O)C(=O)O. The summed E-state index contributed by atoms with van der Waals surface area (Å²) in [4.78, 5) is 22.0. The van der Waals surface area contributed by atoms with E-state index in [1.165, 1.54) is 14.0 Å². The molecule has 0 unspecified atom stereocenters. The summed E-state index contributed by atoms with van der Waals surface area (Å²) in [7, 11) is 1.17. The minimum absolute atomic E-state index is 0.276. The van der Waals surface area contributed by atoms with Gasteiger partial charge < -0.3 is 9.84 Å². The topological polar surface area (TPSA) is 63.6 Å². The van der Waals surface area contributed by atoms with Gasteiger partial charge in [-0.05, 0) is 18.6 Å². The summed E-state index contributed by atoms with van der Waals surface area (Å²) in [5.74, 6) is -3.99. The number of Topliss-reactive ketones (excluding diaryl/α,β-unsaturated/α-hetero) is 1. The van der Waals surface area contributed by atoms with Gasteiger partial charge >= 0.3 is 5.97 Å². The highest BCUT2D eigenvalue weighted by molar-refractivity contribution is 9.10. The number of hydrogen-bond donors (Lipinski definition) is 1. The van der Waals surface area contributed by atoms with Crippen LogP contribution in [-0.4, -0.2) is 24.0 Å². The predicted octanol–water partition coefficient (Wildman–Crippen LogP) is 2.17. The average molecular weight is 291 g/mol. The van der Waals surface area contributed by atoms with Crippen molar-refractivity contribution >= 4 is 27.7 Å². The van der Waals surface area contributed by atoms with Crippen molar-refractivity contribution in [3.05, 3.63) is 27.5 Å². The van der Waals surface area contributed by atoms with Crippen molar-refractivity contribution in [1.29, 1.82) is 0 Å². The molecule has 0 spiro atoms. The molecule has 0 saturated carbocycles. The normalized spacial score (nSPS) is 10.0. The number of rotatable bonds is 3. The van der Waals surface area contributed by atoms with Crippen LogP contribution in [0.3, 0.4) is 0 Å². The van der Waals surface area contributed by atoms with Gasteiger partial charge in [0.2, 0.25) is 0 Å². The fourth-order valence-electron chi connectivity index (χ4n) is 1.27. The molecule has 0 radical (unpaired) electrons. The number of carbonyl (C=O) groups is 2. The molecular formula is C10H8BrFO4. The van der Waals surface area contributed by atoms with Crippen LogP contribution < -0.4 is 4.74 Å². The van der Waals surface area contributed by atoms with Crippen molar-refractivity contribution in [1.82, 2.24) is 0 Å². The van der Waals surface area contributed by atoms with Gasteiger partial charge in [-0.25, -0.2) is 9.18 Å². The smallest absolute Gasteiger partial charge is 0.377 e. The summed E-state index contributed by atoms with van der Waals surface area (Å²) in [6.07, 6.45) is 0. The zero-order valence-electron chi connectivity index (χ0n) is 8.51. The summed E-state index contributed by atoms with van der Waals surface area (Å²) >= 11 is 3.04. The Labute approximate surface area is 99.2 Å². The van der Waals surface area contributed by atoms with Crippen molar-refractivity contribution in [3.63, 3.8) is 0 Å². The number of halogens is 2. The molecule has 0 aromatic heterocycles. The van der Waals surface area contributed by atoms with Gasteiger partial charge in [-0.2, -0.15) is 0 Å². The maximum Gasteiger partial charge on any atom is 0.377 e. The molecule has 0 atom stereocenters. The Kier molecular flexibility index (Phi) is 3.64. The minimum atomic E-state index is -1.65. The summed E-state index contributed by atoms with van der Waals surface area (Å²) < 4.78 is 18.4. The van der Waals surface area contributed by atoms with Gasteiger partial charge in [0.25, 0.3) is 5.78 Å². The summed E-state index contributed by atoms with van der Waals surface area (Å²) in [6.45, 7) is 1.50. The molecule has 16 heavy (non-hydrogen) atoms. The molecule has 0 bridgehead atoms. The van der Waals surface area contributed by atoms with Crippen molar-refractivity contribution in [2.24, 2.45) is 0 Å². The number of carboxylic acid groups (broad SMARTS) is 1. The van der Waals surface area contributed by atoms with E-state index in [0.717, 1.165) is 6.07 Å². The van der Waals surface area contributed by atoms with Crippen molar-refractivity contribution in [2.75, 3.05) is 7.11 Å². The van der Waals surface area contributed by atoms with E-state index in [2.05, 4.69) is 15.9 Å². The summed E-state index contributed by atoms with van der Waals surface area (Å²) in [5.41, 5.74) is 0.0486. The highest BCUT2D eigenvalue weighted by Gasteiger charge is 2.25. The molecule has 0 aliphatic heterocycles. The van der Waals surface area contributed by atoms with E-state index in [1.807, 2.05) is 0 Å². The molecule has 0 saturated heterocycles. The quantitative estimate of drug-likeness (QED) is 0.684. The van der Waals surface area contributed by atoms with Crippen LogP contribution in [0.2, 0.25) is 0 Å². The van der Waals surface area contributed by atoms with Gasteiger partial charge in [-0.1, -0.05) is 15.9 Å². The van der Waals surface area contributed by atoms with E-state index in [9.17, 15) is 14.0 Å². The van der Waals surface area contributed by atoms with Crippen LogP contribution in [-0.2, 0) is 4.79 Å². The maximum absolute atomic E-state index is 13.4. The van der Waals surface area contributed by atoms with E-state index < -0.39 is 17.6 Å². The van der Waals surface area contributed by atoms with E-state index in [0.29, 0.717) is 10.0 Å². The minimum Gasteiger partial charge on any atom is -0.493 e. The second-order valence-electron chi connectivity index (χ2n) is 3.01. The number of benzene rings is 1. The first kappa shape index (κ1) is 12.6. The molecule has 0 aliphatic rings. The van der Waals surface area contributed by atoms with Crippen molar-refractivity contribution in [3.8, 4) is 5.75 Å². The highest BCUT2D eigenvalue weighted by Crippen LogP contribution is 2.31. The van der Waals surface area contributed by atoms with Crippen LogP contribution in [0.5, 0.6) is 5.75 Å². The lowest BCUT2D eigenvalue weighted by Crippen LogP contribution is -2.16. The molecule has 1 N–H and O–H groups in total. The average Bonchev–Trinajstić information content (AvgIpc) is 2.21. The summed E-state index contributed by atoms with van der Waals surface area (Å²) in [6, 6.07) is 1.12. The number of methoxy groups -OCH3 is 1. The van der Waals surface area contributed by atoms with Crippen LogP contribution in [0.4, 0.5) is 4.39 Å². The fourth-order valence-corrected chi connectivity index (χ4v) is 1.67. The van der Waals surface area contributed by atoms with Gasteiger partial charge in [-0.3, -0.25) is 4.79 Å². The molecule has 0 aliphatic carbocycles. The third-order valence-corrected chi connectivity index (χ3v) is 2.88. The third kappa shape index (κ3) is 2.06. The maximum atomic E-state index is 13.4. The number of aliphatic carboxylic acids is 1. The molecular weight excluding hydrogens is 283 g/mol. The van der Waals surface area contributed by atoms with Crippen molar-refractivity contribution in [2.45, 2.75) is 6.92 Å². The highest BCUT2D eigenvalue weighted by atomic mass is 79.9. The first-order chi connectivity index (χ1) is 7.40. The second-order valence-corrected chi connectivity index (χ2v) is 3.86. The molecule has 1 aromatic carbocycles. The first-order valence-electron chi connectivity index (χ1n) is 4.20.